The second kappa shape index (κ2) is 13.1. The zero-order chi connectivity index (χ0) is 29.9. The first kappa shape index (κ1) is 29.7. The topological polar surface area (TPSA) is 103 Å². The van der Waals surface area contributed by atoms with Crippen LogP contribution >= 0.6 is 0 Å². The van der Waals surface area contributed by atoms with E-state index in [4.69, 9.17) is 15.0 Å². The minimum absolute atomic E-state index is 0. The Balaban J connectivity index is 0.00000357. The molecule has 0 aliphatic rings. The first-order valence-corrected chi connectivity index (χ1v) is 14.1. The van der Waals surface area contributed by atoms with Crippen molar-refractivity contribution in [1.82, 2.24) is 39.9 Å². The SMILES string of the molecule is Cc1ccc(-c2ncc(-c3nc(-c4ccc(-c5[c-]cccc5)nc4)nc(-c4cnc(-c5ccc(C)cc5)nc4)n3)cn2)cc1.[Ir]. The Hall–Kier alpha value is -5.37. The van der Waals surface area contributed by atoms with Gasteiger partial charge in [-0.15, -0.1) is 35.9 Å². The van der Waals surface area contributed by atoms with Crippen molar-refractivity contribution in [2.75, 3.05) is 0 Å². The number of rotatable bonds is 6. The molecule has 0 bridgehead atoms. The molecule has 219 valence electrons. The Morgan fingerprint density at radius 3 is 1.29 bits per heavy atom. The fourth-order valence-electron chi connectivity index (χ4n) is 4.59. The molecule has 0 N–H and O–H groups in total. The zero-order valence-electron chi connectivity index (χ0n) is 24.4. The summed E-state index contributed by atoms with van der Waals surface area (Å²) < 4.78 is 0. The average Bonchev–Trinajstić information content (AvgIpc) is 3.09. The first-order chi connectivity index (χ1) is 21.6. The molecule has 4 heterocycles. The van der Waals surface area contributed by atoms with Gasteiger partial charge in [0.15, 0.2) is 29.1 Å². The molecule has 9 heteroatoms. The fourth-order valence-corrected chi connectivity index (χ4v) is 4.59. The molecule has 7 aromatic rings. The quantitative estimate of drug-likeness (QED) is 0.163. The largest absolute Gasteiger partial charge is 0.304 e. The molecule has 0 aliphatic heterocycles. The van der Waals surface area contributed by atoms with Gasteiger partial charge in [-0.2, -0.15) is 0 Å². The zero-order valence-corrected chi connectivity index (χ0v) is 26.8. The normalized spacial score (nSPS) is 10.7. The van der Waals surface area contributed by atoms with Crippen LogP contribution in [0.25, 0.3) is 68.2 Å². The molecular formula is C36H25IrN8-. The summed E-state index contributed by atoms with van der Waals surface area (Å²) in [5.41, 5.74) is 8.00. The van der Waals surface area contributed by atoms with E-state index in [9.17, 15) is 0 Å². The van der Waals surface area contributed by atoms with Crippen molar-refractivity contribution in [2.24, 2.45) is 0 Å². The minimum Gasteiger partial charge on any atom is -0.304 e. The van der Waals surface area contributed by atoms with Gasteiger partial charge < -0.3 is 4.98 Å². The molecular weight excluding hydrogens is 737 g/mol. The Morgan fingerprint density at radius 2 is 0.867 bits per heavy atom. The molecule has 0 amide bonds. The Kier molecular flexibility index (Phi) is 8.64. The van der Waals surface area contributed by atoms with Crippen LogP contribution < -0.4 is 0 Å². The van der Waals surface area contributed by atoms with Crippen LogP contribution in [0.2, 0.25) is 0 Å². The maximum Gasteiger partial charge on any atom is 0.167 e. The van der Waals surface area contributed by atoms with Crippen molar-refractivity contribution in [2.45, 2.75) is 13.8 Å². The van der Waals surface area contributed by atoms with Gasteiger partial charge >= 0.3 is 0 Å². The molecule has 4 aromatic heterocycles. The van der Waals surface area contributed by atoms with Crippen molar-refractivity contribution in [3.8, 4) is 68.2 Å². The third-order valence-electron chi connectivity index (χ3n) is 7.08. The van der Waals surface area contributed by atoms with E-state index in [0.29, 0.717) is 40.2 Å². The summed E-state index contributed by atoms with van der Waals surface area (Å²) in [6, 6.07) is 31.0. The number of pyridine rings is 1. The van der Waals surface area contributed by atoms with Crippen molar-refractivity contribution in [3.63, 3.8) is 0 Å². The van der Waals surface area contributed by atoms with Crippen molar-refractivity contribution < 1.29 is 20.1 Å². The van der Waals surface area contributed by atoms with E-state index in [2.05, 4.69) is 31.0 Å². The molecule has 0 saturated heterocycles. The van der Waals surface area contributed by atoms with Crippen molar-refractivity contribution in [1.29, 1.82) is 0 Å². The molecule has 0 unspecified atom stereocenters. The van der Waals surface area contributed by atoms with Crippen LogP contribution in [-0.4, -0.2) is 39.9 Å². The van der Waals surface area contributed by atoms with Gasteiger partial charge in [-0.1, -0.05) is 71.8 Å². The van der Waals surface area contributed by atoms with Crippen LogP contribution in [0.4, 0.5) is 0 Å². The van der Waals surface area contributed by atoms with Crippen molar-refractivity contribution >= 4 is 0 Å². The monoisotopic (exact) mass is 762 g/mol. The Bertz CT molecular complexity index is 1920. The molecule has 0 spiro atoms. The van der Waals surface area contributed by atoms with Gasteiger partial charge in [0.2, 0.25) is 0 Å². The van der Waals surface area contributed by atoms with Gasteiger partial charge in [0, 0.05) is 67.8 Å². The molecule has 3 aromatic carbocycles. The third kappa shape index (κ3) is 6.60. The van der Waals surface area contributed by atoms with Gasteiger partial charge in [-0.25, -0.2) is 34.9 Å². The van der Waals surface area contributed by atoms with Gasteiger partial charge in [-0.05, 0) is 19.5 Å². The number of benzene rings is 3. The third-order valence-corrected chi connectivity index (χ3v) is 7.08. The standard InChI is InChI=1S/C36H25N8.Ir/c1-23-8-12-26(13-9-23)32-38-19-29(20-39-32)35-42-34(28-16-17-31(37-18-28)25-6-4-3-5-7-25)43-36(44-35)30-21-40-33(41-22-30)27-14-10-24(2)11-15-27;/h3-6,8-22H,1-2H3;/q-1;. The maximum atomic E-state index is 4.80. The predicted molar refractivity (Wildman–Crippen MR) is 170 cm³/mol. The molecule has 8 nitrogen and oxygen atoms in total. The van der Waals surface area contributed by atoms with E-state index >= 15 is 0 Å². The number of nitrogens with zero attached hydrogens (tertiary/aromatic N) is 8. The molecule has 0 aliphatic carbocycles. The van der Waals surface area contributed by atoms with Gasteiger partial charge in [0.05, 0.1) is 11.1 Å². The number of hydrogen-bond donors (Lipinski definition) is 0. The fraction of sp³-hybridized carbons (Fsp3) is 0.0556. The molecule has 7 rings (SSSR count). The first-order valence-electron chi connectivity index (χ1n) is 14.1. The summed E-state index contributed by atoms with van der Waals surface area (Å²) in [4.78, 5) is 37.5. The summed E-state index contributed by atoms with van der Waals surface area (Å²) in [5.74, 6) is 2.58. The Morgan fingerprint density at radius 1 is 0.422 bits per heavy atom. The van der Waals surface area contributed by atoms with Gasteiger partial charge in [0.25, 0.3) is 0 Å². The van der Waals surface area contributed by atoms with Crippen LogP contribution in [-0.2, 0) is 20.1 Å². The van der Waals surface area contributed by atoms with E-state index in [1.54, 1.807) is 31.0 Å². The van der Waals surface area contributed by atoms with E-state index in [1.807, 2.05) is 98.8 Å². The van der Waals surface area contributed by atoms with E-state index in [-0.39, 0.29) is 20.1 Å². The van der Waals surface area contributed by atoms with Crippen LogP contribution in [0.3, 0.4) is 0 Å². The smallest absolute Gasteiger partial charge is 0.167 e. The molecule has 0 fully saturated rings. The van der Waals surface area contributed by atoms with Crippen LogP contribution in [0.1, 0.15) is 11.1 Å². The van der Waals surface area contributed by atoms with E-state index in [1.165, 1.54) is 11.1 Å². The number of hydrogen-bond acceptors (Lipinski definition) is 8. The van der Waals surface area contributed by atoms with Crippen LogP contribution in [0, 0.1) is 19.9 Å². The summed E-state index contributed by atoms with van der Waals surface area (Å²) in [5, 5.41) is 0. The van der Waals surface area contributed by atoms with Crippen molar-refractivity contribution in [3.05, 3.63) is 133 Å². The minimum atomic E-state index is 0. The maximum absolute atomic E-state index is 4.80. The van der Waals surface area contributed by atoms with Gasteiger partial charge in [-0.3, -0.25) is 0 Å². The van der Waals surface area contributed by atoms with E-state index in [0.717, 1.165) is 27.9 Å². The predicted octanol–water partition coefficient (Wildman–Crippen LogP) is 7.26. The summed E-state index contributed by atoms with van der Waals surface area (Å²) in [6.07, 6.45) is 8.68. The summed E-state index contributed by atoms with van der Waals surface area (Å²) in [7, 11) is 0. The molecule has 0 atom stereocenters. The average molecular weight is 762 g/mol. The summed E-state index contributed by atoms with van der Waals surface area (Å²) in [6.45, 7) is 4.10. The van der Waals surface area contributed by atoms with Crippen LogP contribution in [0.15, 0.2) is 116 Å². The Labute approximate surface area is 274 Å². The second-order valence-corrected chi connectivity index (χ2v) is 10.3. The van der Waals surface area contributed by atoms with Crippen LogP contribution in [0.5, 0.6) is 0 Å². The summed E-state index contributed by atoms with van der Waals surface area (Å²) >= 11 is 0. The molecule has 1 radical (unpaired) electrons. The van der Waals surface area contributed by atoms with Gasteiger partial charge in [0.1, 0.15) is 0 Å². The molecule has 0 saturated carbocycles. The number of aromatic nitrogens is 8. The van der Waals surface area contributed by atoms with E-state index < -0.39 is 0 Å². The number of aryl methyl sites for hydroxylation is 2. The second-order valence-electron chi connectivity index (χ2n) is 10.3. The molecule has 45 heavy (non-hydrogen) atoms.